The summed E-state index contributed by atoms with van der Waals surface area (Å²) in [6.07, 6.45) is 0.713. The monoisotopic (exact) mass is 700 g/mol. The Morgan fingerprint density at radius 3 is 2.28 bits per heavy atom. The van der Waals surface area contributed by atoms with Crippen LogP contribution in [0.1, 0.15) is 30.0 Å². The molecule has 50 heavy (non-hydrogen) atoms. The van der Waals surface area contributed by atoms with Crippen LogP contribution in [0.4, 0.5) is 19.3 Å². The first-order chi connectivity index (χ1) is 24.0. The molecule has 0 saturated carbocycles. The van der Waals surface area contributed by atoms with E-state index in [-0.39, 0.29) is 40.2 Å². The number of hydrogen-bond acceptors (Lipinski definition) is 6. The molecule has 5 aromatic rings. The smallest absolute Gasteiger partial charge is 0.337 e. The van der Waals surface area contributed by atoms with Crippen LogP contribution in [-0.4, -0.2) is 64.6 Å². The zero-order valence-electron chi connectivity index (χ0n) is 28.3. The van der Waals surface area contributed by atoms with Gasteiger partial charge in [0.1, 0.15) is 16.5 Å². The Kier molecular flexibility index (Phi) is 9.98. The maximum Gasteiger partial charge on any atom is 0.337 e. The molecule has 1 unspecified atom stereocenters. The minimum atomic E-state index is -0.809. The van der Waals surface area contributed by atoms with Crippen molar-refractivity contribution in [2.75, 3.05) is 39.0 Å². The highest BCUT2D eigenvalue weighted by atomic mass is 32.1. The van der Waals surface area contributed by atoms with Gasteiger partial charge in [0, 0.05) is 49.4 Å². The fourth-order valence-corrected chi connectivity index (χ4v) is 7.67. The van der Waals surface area contributed by atoms with Crippen LogP contribution in [0.2, 0.25) is 0 Å². The van der Waals surface area contributed by atoms with E-state index in [1.807, 2.05) is 37.9 Å². The topological polar surface area (TPSA) is 109 Å². The van der Waals surface area contributed by atoms with Crippen molar-refractivity contribution in [3.63, 3.8) is 0 Å². The van der Waals surface area contributed by atoms with Gasteiger partial charge in [0.15, 0.2) is 0 Å². The third kappa shape index (κ3) is 6.83. The van der Waals surface area contributed by atoms with Crippen molar-refractivity contribution in [2.45, 2.75) is 33.4 Å². The number of benzene rings is 3. The number of hydrogen-bond donors (Lipinski definition) is 2. The molecule has 6 rings (SSSR count). The molecule has 1 atom stereocenters. The van der Waals surface area contributed by atoms with Crippen LogP contribution in [0.5, 0.6) is 0 Å². The van der Waals surface area contributed by atoms with Crippen molar-refractivity contribution in [1.29, 1.82) is 0 Å². The van der Waals surface area contributed by atoms with Gasteiger partial charge in [-0.3, -0.25) is 14.2 Å². The van der Waals surface area contributed by atoms with E-state index in [2.05, 4.69) is 10.6 Å². The van der Waals surface area contributed by atoms with Crippen molar-refractivity contribution in [3.05, 3.63) is 116 Å². The molecule has 260 valence electrons. The number of aryl methyl sites for hydroxylation is 1. The molecule has 0 bridgehead atoms. The number of urea groups is 1. The maximum absolute atomic E-state index is 15.1. The molecule has 2 aromatic heterocycles. The van der Waals surface area contributed by atoms with E-state index in [0.29, 0.717) is 53.4 Å². The van der Waals surface area contributed by atoms with E-state index < -0.39 is 29.4 Å². The van der Waals surface area contributed by atoms with Crippen LogP contribution in [-0.2, 0) is 17.9 Å². The highest BCUT2D eigenvalue weighted by molar-refractivity contribution is 7.22. The number of aromatic nitrogens is 2. The van der Waals surface area contributed by atoms with E-state index in [1.165, 1.54) is 22.0 Å². The van der Waals surface area contributed by atoms with Crippen molar-refractivity contribution in [3.8, 4) is 16.1 Å². The summed E-state index contributed by atoms with van der Waals surface area (Å²) in [6, 6.07) is 17.2. The third-order valence-corrected chi connectivity index (χ3v) is 10.3. The molecule has 13 heteroatoms. The molecule has 0 aliphatic carbocycles. The van der Waals surface area contributed by atoms with Crippen LogP contribution < -0.4 is 21.9 Å². The number of thiophene rings is 1. The van der Waals surface area contributed by atoms with Crippen LogP contribution in [0.25, 0.3) is 26.3 Å². The first-order valence-electron chi connectivity index (χ1n) is 16.4. The van der Waals surface area contributed by atoms with Gasteiger partial charge in [-0.1, -0.05) is 35.9 Å². The molecular formula is C37H38F2N6O4S. The lowest BCUT2D eigenvalue weighted by molar-refractivity contribution is -0.130. The number of halogens is 2. The molecule has 0 radical (unpaired) electrons. The fraction of sp³-hybridized carbons (Fsp3) is 0.297. The number of carbonyl (C=O) groups excluding carboxylic acids is 2. The predicted octanol–water partition coefficient (Wildman–Crippen LogP) is 5.57. The molecule has 1 saturated heterocycles. The SMILES string of the molecule is CCNC(=O)Nc1ccc(-c2sc3c(c2CN(C)CC2CCN(C)C2=O)c(=O)n(-c2ccc(C)cc2)c(=O)n3Cc2c(F)cccc2F)cc1. The van der Waals surface area contributed by atoms with Gasteiger partial charge in [-0.05, 0) is 74.8 Å². The summed E-state index contributed by atoms with van der Waals surface area (Å²) in [5.74, 6) is -1.76. The average Bonchev–Trinajstić information content (AvgIpc) is 3.60. The number of nitrogens with zero attached hydrogens (tertiary/aromatic N) is 4. The first kappa shape index (κ1) is 34.7. The van der Waals surface area contributed by atoms with Crippen molar-refractivity contribution >= 4 is 39.2 Å². The van der Waals surface area contributed by atoms with Crippen LogP contribution >= 0.6 is 11.3 Å². The summed E-state index contributed by atoms with van der Waals surface area (Å²) >= 11 is 1.19. The lowest BCUT2D eigenvalue weighted by Gasteiger charge is -2.21. The minimum absolute atomic E-state index is 0.0601. The Morgan fingerprint density at radius 1 is 0.980 bits per heavy atom. The van der Waals surface area contributed by atoms with Gasteiger partial charge in [0.25, 0.3) is 5.56 Å². The quantitative estimate of drug-likeness (QED) is 0.198. The molecule has 3 aromatic carbocycles. The summed E-state index contributed by atoms with van der Waals surface area (Å²) in [6.45, 7) is 5.07. The number of amides is 3. The predicted molar refractivity (Wildman–Crippen MR) is 192 cm³/mol. The second-order valence-electron chi connectivity index (χ2n) is 12.6. The highest BCUT2D eigenvalue weighted by Gasteiger charge is 2.31. The van der Waals surface area contributed by atoms with E-state index in [4.69, 9.17) is 0 Å². The van der Waals surface area contributed by atoms with Gasteiger partial charge < -0.3 is 20.4 Å². The second-order valence-corrected chi connectivity index (χ2v) is 13.6. The van der Waals surface area contributed by atoms with Crippen LogP contribution in [0.3, 0.4) is 0 Å². The van der Waals surface area contributed by atoms with Crippen molar-refractivity contribution in [2.24, 2.45) is 5.92 Å². The minimum Gasteiger partial charge on any atom is -0.345 e. The van der Waals surface area contributed by atoms with Crippen LogP contribution in [0, 0.1) is 24.5 Å². The second kappa shape index (κ2) is 14.4. The number of anilines is 1. The average molecular weight is 701 g/mol. The van der Waals surface area contributed by atoms with Crippen LogP contribution in [0.15, 0.2) is 76.3 Å². The molecule has 1 fully saturated rings. The molecule has 3 amide bonds. The number of fused-ring (bicyclic) bond motifs is 1. The molecule has 0 spiro atoms. The Hall–Kier alpha value is -5.14. The molecule has 10 nitrogen and oxygen atoms in total. The third-order valence-electron chi connectivity index (χ3n) is 8.98. The molecular weight excluding hydrogens is 663 g/mol. The molecule has 1 aliphatic rings. The molecule has 1 aliphatic heterocycles. The lowest BCUT2D eigenvalue weighted by Crippen LogP contribution is -2.39. The van der Waals surface area contributed by atoms with Gasteiger partial charge >= 0.3 is 11.7 Å². The lowest BCUT2D eigenvalue weighted by atomic mass is 10.0. The number of nitrogens with one attached hydrogen (secondary N) is 2. The summed E-state index contributed by atoms with van der Waals surface area (Å²) in [5, 5.41) is 5.71. The number of likely N-dealkylation sites (tertiary alicyclic amines) is 1. The largest absolute Gasteiger partial charge is 0.345 e. The zero-order valence-corrected chi connectivity index (χ0v) is 29.1. The molecule has 3 heterocycles. The normalized spacial score (nSPS) is 14.6. The number of carbonyl (C=O) groups is 2. The summed E-state index contributed by atoms with van der Waals surface area (Å²) < 4.78 is 32.5. The number of rotatable bonds is 10. The van der Waals surface area contributed by atoms with Gasteiger partial charge in [0.2, 0.25) is 5.91 Å². The van der Waals surface area contributed by atoms with Gasteiger partial charge in [-0.2, -0.15) is 0 Å². The van der Waals surface area contributed by atoms with Crippen molar-refractivity contribution < 1.29 is 18.4 Å². The van der Waals surface area contributed by atoms with Gasteiger partial charge in [-0.15, -0.1) is 11.3 Å². The highest BCUT2D eigenvalue weighted by Crippen LogP contribution is 2.39. The van der Waals surface area contributed by atoms with Gasteiger partial charge in [-0.25, -0.2) is 22.9 Å². The summed E-state index contributed by atoms with van der Waals surface area (Å²) in [5.41, 5.74) is 1.53. The maximum atomic E-state index is 15.1. The zero-order chi connectivity index (χ0) is 35.7. The first-order valence-corrected chi connectivity index (χ1v) is 17.2. The van der Waals surface area contributed by atoms with E-state index in [9.17, 15) is 19.2 Å². The van der Waals surface area contributed by atoms with Gasteiger partial charge in [0.05, 0.1) is 23.5 Å². The van der Waals surface area contributed by atoms with E-state index in [0.717, 1.165) is 22.3 Å². The van der Waals surface area contributed by atoms with E-state index in [1.54, 1.807) is 48.3 Å². The van der Waals surface area contributed by atoms with Crippen molar-refractivity contribution in [1.82, 2.24) is 24.3 Å². The fourth-order valence-electron chi connectivity index (χ4n) is 6.37. The summed E-state index contributed by atoms with van der Waals surface area (Å²) in [7, 11) is 3.66. The Labute approximate surface area is 291 Å². The Bertz CT molecular complexity index is 2170. The molecule has 2 N–H and O–H groups in total. The summed E-state index contributed by atoms with van der Waals surface area (Å²) in [4.78, 5) is 58.4. The van der Waals surface area contributed by atoms with E-state index >= 15 is 8.78 Å². The standard InChI is InChI=1S/C37H38F2N6O4S/c1-5-40-36(48)41-25-13-11-23(12-14-25)32-28(20-42(3)19-24-17-18-43(4)33(24)46)31-34(47)45(26-15-9-22(2)10-16-26)37(49)44(35(31)50-32)21-27-29(38)7-6-8-30(27)39/h6-16,24H,5,17-21H2,1-4H3,(H2,40,41,48). The Balaban J connectivity index is 1.57. The Morgan fingerprint density at radius 2 is 1.66 bits per heavy atom.